The SMILES string of the molecule is CCCCCCCCCCCc1noc(-c2cccc(C[NH+](CC)c3ccc4c(c3)OCO4)c2)n1. The van der Waals surface area contributed by atoms with Crippen LogP contribution in [-0.4, -0.2) is 23.5 Å². The van der Waals surface area contributed by atoms with E-state index in [2.05, 4.69) is 54.3 Å². The predicted octanol–water partition coefficient (Wildman–Crippen LogP) is 6.28. The van der Waals surface area contributed by atoms with Crippen LogP contribution in [0.3, 0.4) is 0 Å². The van der Waals surface area contributed by atoms with E-state index in [-0.39, 0.29) is 0 Å². The molecule has 0 saturated carbocycles. The molecule has 1 N–H and O–H groups in total. The molecule has 6 heteroatoms. The van der Waals surface area contributed by atoms with Gasteiger partial charge in [0.05, 0.1) is 6.54 Å². The van der Waals surface area contributed by atoms with Gasteiger partial charge < -0.3 is 14.0 Å². The van der Waals surface area contributed by atoms with Crippen LogP contribution in [0.25, 0.3) is 11.5 Å². The summed E-state index contributed by atoms with van der Waals surface area (Å²) in [5.74, 6) is 3.07. The van der Waals surface area contributed by atoms with Gasteiger partial charge in [-0.2, -0.15) is 4.98 Å². The normalized spacial score (nSPS) is 13.3. The van der Waals surface area contributed by atoms with Gasteiger partial charge in [-0.05, 0) is 31.5 Å². The Bertz CT molecular complexity index is 1050. The lowest BCUT2D eigenvalue weighted by Gasteiger charge is -2.18. The number of fused-ring (bicyclic) bond motifs is 1. The minimum Gasteiger partial charge on any atom is -0.454 e. The third-order valence-electron chi connectivity index (χ3n) is 6.77. The molecule has 188 valence electrons. The lowest BCUT2D eigenvalue weighted by Crippen LogP contribution is -3.05. The first kappa shape index (κ1) is 25.2. The fraction of sp³-hybridized carbons (Fsp3) is 0.517. The smallest absolute Gasteiger partial charge is 0.257 e. The summed E-state index contributed by atoms with van der Waals surface area (Å²) in [6, 6.07) is 14.6. The summed E-state index contributed by atoms with van der Waals surface area (Å²) in [7, 11) is 0. The standard InChI is InChI=1S/C29H39N3O3/c1-3-5-6-7-8-9-10-11-12-16-28-30-29(35-31-28)24-15-13-14-23(19-24)21-32(4-2)25-17-18-26-27(20-25)34-22-33-26/h13-15,17-20H,3-12,16,21-22H2,1-2H3/p+1. The maximum absolute atomic E-state index is 5.61. The van der Waals surface area contributed by atoms with E-state index in [9.17, 15) is 0 Å². The average Bonchev–Trinajstić information content (AvgIpc) is 3.56. The van der Waals surface area contributed by atoms with Crippen molar-refractivity contribution >= 4 is 5.69 Å². The Kier molecular flexibility index (Phi) is 9.58. The number of aromatic nitrogens is 2. The van der Waals surface area contributed by atoms with Crippen molar-refractivity contribution in [1.82, 2.24) is 10.1 Å². The second-order valence-electron chi connectivity index (χ2n) is 9.50. The Balaban J connectivity index is 1.27. The van der Waals surface area contributed by atoms with E-state index in [0.717, 1.165) is 48.8 Å². The minimum atomic E-state index is 0.299. The number of unbranched alkanes of at least 4 members (excludes halogenated alkanes) is 8. The van der Waals surface area contributed by atoms with Crippen molar-refractivity contribution in [3.63, 3.8) is 0 Å². The van der Waals surface area contributed by atoms with Gasteiger partial charge in [-0.15, -0.1) is 0 Å². The number of rotatable bonds is 15. The second kappa shape index (κ2) is 13.3. The van der Waals surface area contributed by atoms with E-state index < -0.39 is 0 Å². The predicted molar refractivity (Wildman–Crippen MR) is 138 cm³/mol. The van der Waals surface area contributed by atoms with Gasteiger partial charge >= 0.3 is 0 Å². The van der Waals surface area contributed by atoms with E-state index in [1.165, 1.54) is 67.5 Å². The zero-order valence-electron chi connectivity index (χ0n) is 21.4. The summed E-state index contributed by atoms with van der Waals surface area (Å²) in [5.41, 5.74) is 3.41. The van der Waals surface area contributed by atoms with Gasteiger partial charge in [0, 0.05) is 29.7 Å². The van der Waals surface area contributed by atoms with E-state index in [1.54, 1.807) is 0 Å². The van der Waals surface area contributed by atoms with E-state index in [0.29, 0.717) is 12.7 Å². The van der Waals surface area contributed by atoms with Gasteiger partial charge in [-0.25, -0.2) is 0 Å². The molecule has 2 aromatic carbocycles. The van der Waals surface area contributed by atoms with Crippen LogP contribution in [0.1, 0.15) is 83.0 Å². The molecular formula is C29H40N3O3+. The monoisotopic (exact) mass is 478 g/mol. The zero-order valence-corrected chi connectivity index (χ0v) is 21.4. The summed E-state index contributed by atoms with van der Waals surface area (Å²) in [6.45, 7) is 6.59. The summed E-state index contributed by atoms with van der Waals surface area (Å²) < 4.78 is 16.6. The van der Waals surface area contributed by atoms with E-state index in [1.807, 2.05) is 12.1 Å². The molecule has 0 saturated heterocycles. The van der Waals surface area contributed by atoms with E-state index >= 15 is 0 Å². The highest BCUT2D eigenvalue weighted by molar-refractivity contribution is 5.54. The molecule has 35 heavy (non-hydrogen) atoms. The van der Waals surface area contributed by atoms with Crippen LogP contribution >= 0.6 is 0 Å². The molecule has 0 spiro atoms. The number of nitrogens with zero attached hydrogens (tertiary/aromatic N) is 2. The number of ether oxygens (including phenoxy) is 2. The minimum absolute atomic E-state index is 0.299. The number of quaternary nitrogens is 1. The number of hydrogen-bond donors (Lipinski definition) is 1. The fourth-order valence-corrected chi connectivity index (χ4v) is 4.67. The van der Waals surface area contributed by atoms with Crippen molar-refractivity contribution in [2.45, 2.75) is 84.6 Å². The molecule has 0 aliphatic carbocycles. The lowest BCUT2D eigenvalue weighted by molar-refractivity contribution is -0.845. The molecule has 4 rings (SSSR count). The quantitative estimate of drug-likeness (QED) is 0.261. The zero-order chi connectivity index (χ0) is 24.3. The molecule has 1 unspecified atom stereocenters. The Morgan fingerprint density at radius 2 is 1.60 bits per heavy atom. The molecule has 3 aromatic rings. The highest BCUT2D eigenvalue weighted by Crippen LogP contribution is 2.33. The molecule has 0 fully saturated rings. The van der Waals surface area contributed by atoms with Crippen LogP contribution in [0.15, 0.2) is 47.0 Å². The van der Waals surface area contributed by atoms with Gasteiger partial charge in [0.15, 0.2) is 17.3 Å². The average molecular weight is 479 g/mol. The molecule has 0 bridgehead atoms. The molecular weight excluding hydrogens is 438 g/mol. The molecule has 0 radical (unpaired) electrons. The third kappa shape index (κ3) is 7.31. The van der Waals surface area contributed by atoms with Crippen LogP contribution in [0.4, 0.5) is 5.69 Å². The summed E-state index contributed by atoms with van der Waals surface area (Å²) >= 11 is 0. The van der Waals surface area contributed by atoms with Crippen LogP contribution in [0.2, 0.25) is 0 Å². The number of benzene rings is 2. The fourth-order valence-electron chi connectivity index (χ4n) is 4.67. The highest BCUT2D eigenvalue weighted by atomic mass is 16.7. The van der Waals surface area contributed by atoms with Crippen molar-refractivity contribution in [3.05, 3.63) is 53.9 Å². The lowest BCUT2D eigenvalue weighted by atomic mass is 10.1. The van der Waals surface area contributed by atoms with Gasteiger partial charge in [0.2, 0.25) is 6.79 Å². The van der Waals surface area contributed by atoms with Crippen LogP contribution < -0.4 is 14.4 Å². The molecule has 6 nitrogen and oxygen atoms in total. The van der Waals surface area contributed by atoms with Crippen LogP contribution in [-0.2, 0) is 13.0 Å². The van der Waals surface area contributed by atoms with E-state index in [4.69, 9.17) is 14.0 Å². The summed E-state index contributed by atoms with van der Waals surface area (Å²) in [5, 5.41) is 4.23. The Morgan fingerprint density at radius 3 is 2.40 bits per heavy atom. The Hall–Kier alpha value is -2.86. The summed E-state index contributed by atoms with van der Waals surface area (Å²) in [6.07, 6.45) is 12.7. The first-order chi connectivity index (χ1) is 17.3. The molecule has 1 aliphatic heterocycles. The summed E-state index contributed by atoms with van der Waals surface area (Å²) in [4.78, 5) is 6.03. The number of nitrogens with one attached hydrogen (secondary N) is 1. The van der Waals surface area contributed by atoms with Crippen molar-refractivity contribution < 1.29 is 18.9 Å². The van der Waals surface area contributed by atoms with Gasteiger partial charge in [-0.3, -0.25) is 4.90 Å². The van der Waals surface area contributed by atoms with Crippen molar-refractivity contribution in [3.8, 4) is 23.0 Å². The first-order valence-corrected chi connectivity index (χ1v) is 13.4. The van der Waals surface area contributed by atoms with Gasteiger partial charge in [0.1, 0.15) is 12.2 Å². The van der Waals surface area contributed by atoms with Crippen molar-refractivity contribution in [2.24, 2.45) is 0 Å². The molecule has 2 heterocycles. The number of hydrogen-bond acceptors (Lipinski definition) is 5. The molecule has 1 atom stereocenters. The van der Waals surface area contributed by atoms with Gasteiger partial charge in [0.25, 0.3) is 5.89 Å². The Labute approximate surface area is 209 Å². The molecule has 0 amide bonds. The molecule has 1 aliphatic rings. The Morgan fingerprint density at radius 1 is 0.829 bits per heavy atom. The third-order valence-corrected chi connectivity index (χ3v) is 6.77. The first-order valence-electron chi connectivity index (χ1n) is 13.4. The second-order valence-corrected chi connectivity index (χ2v) is 9.50. The largest absolute Gasteiger partial charge is 0.454 e. The van der Waals surface area contributed by atoms with Crippen LogP contribution in [0, 0.1) is 0 Å². The van der Waals surface area contributed by atoms with Crippen molar-refractivity contribution in [2.75, 3.05) is 13.3 Å². The highest BCUT2D eigenvalue weighted by Gasteiger charge is 2.19. The maximum atomic E-state index is 5.61. The maximum Gasteiger partial charge on any atom is 0.257 e. The van der Waals surface area contributed by atoms with Crippen molar-refractivity contribution in [1.29, 1.82) is 0 Å². The van der Waals surface area contributed by atoms with Crippen LogP contribution in [0.5, 0.6) is 11.5 Å². The van der Waals surface area contributed by atoms with Gasteiger partial charge in [-0.1, -0.05) is 75.6 Å². The topological polar surface area (TPSA) is 61.8 Å². The number of aryl methyl sites for hydroxylation is 1. The molecule has 1 aromatic heterocycles.